The molecule has 2 fully saturated rings. The molecular formula is C24H31N5O3S2. The number of hydrogen-bond donors (Lipinski definition) is 2. The minimum atomic E-state index is -0.521. The highest BCUT2D eigenvalue weighted by Gasteiger charge is 2.26. The van der Waals surface area contributed by atoms with Crippen LogP contribution in [-0.2, 0) is 4.74 Å². The van der Waals surface area contributed by atoms with E-state index < -0.39 is 6.09 Å². The summed E-state index contributed by atoms with van der Waals surface area (Å²) in [6, 6.07) is 7.99. The number of hydrogen-bond acceptors (Lipinski definition) is 7. The number of para-hydroxylation sites is 2. The molecule has 1 aromatic heterocycles. The first-order valence-corrected chi connectivity index (χ1v) is 13.2. The summed E-state index contributed by atoms with van der Waals surface area (Å²) in [5.41, 5.74) is 2.36. The van der Waals surface area contributed by atoms with Gasteiger partial charge < -0.3 is 19.9 Å². The highest BCUT2D eigenvalue weighted by Crippen LogP contribution is 2.32. The first kappa shape index (κ1) is 24.4. The molecule has 4 rings (SSSR count). The zero-order chi connectivity index (χ0) is 23.9. The number of benzene rings is 1. The van der Waals surface area contributed by atoms with Gasteiger partial charge in [0, 0.05) is 37.5 Å². The van der Waals surface area contributed by atoms with Crippen LogP contribution in [0.15, 0.2) is 29.6 Å². The van der Waals surface area contributed by atoms with Crippen molar-refractivity contribution in [1.82, 2.24) is 15.2 Å². The Labute approximate surface area is 209 Å². The molecule has 2 saturated heterocycles. The van der Waals surface area contributed by atoms with Crippen molar-refractivity contribution in [2.75, 3.05) is 43.0 Å². The summed E-state index contributed by atoms with van der Waals surface area (Å²) in [6.07, 6.45) is 4.82. The van der Waals surface area contributed by atoms with Crippen LogP contribution in [0.2, 0.25) is 0 Å². The first-order valence-electron chi connectivity index (χ1n) is 11.9. The van der Waals surface area contributed by atoms with Crippen LogP contribution in [0.1, 0.15) is 60.4 Å². The number of nitrogens with zero attached hydrogens (tertiary/aromatic N) is 3. The average molecular weight is 502 g/mol. The maximum absolute atomic E-state index is 13.0. The lowest BCUT2D eigenvalue weighted by Crippen LogP contribution is -2.46. The fourth-order valence-corrected chi connectivity index (χ4v) is 5.66. The van der Waals surface area contributed by atoms with Crippen LogP contribution in [-0.4, -0.2) is 59.8 Å². The molecule has 1 aromatic carbocycles. The lowest BCUT2D eigenvalue weighted by molar-refractivity contribution is 0.102. The molecule has 8 nitrogen and oxygen atoms in total. The molecule has 0 bridgehead atoms. The van der Waals surface area contributed by atoms with Crippen LogP contribution in [0.3, 0.4) is 0 Å². The van der Waals surface area contributed by atoms with Crippen molar-refractivity contribution in [3.63, 3.8) is 0 Å². The number of carbonyl (C=O) groups is 2. The number of aromatic nitrogens is 1. The zero-order valence-electron chi connectivity index (χ0n) is 19.4. The van der Waals surface area contributed by atoms with E-state index in [9.17, 15) is 9.59 Å². The Bertz CT molecular complexity index is 1010. The molecule has 10 heteroatoms. The number of likely N-dealkylation sites (tertiary alicyclic amines) is 1. The van der Waals surface area contributed by atoms with Gasteiger partial charge in [-0.05, 0) is 63.4 Å². The molecule has 2 aliphatic rings. The van der Waals surface area contributed by atoms with Crippen molar-refractivity contribution in [3.8, 4) is 0 Å². The molecule has 0 spiro atoms. The van der Waals surface area contributed by atoms with Gasteiger partial charge in [0.15, 0.2) is 5.11 Å². The van der Waals surface area contributed by atoms with E-state index in [0.29, 0.717) is 17.4 Å². The second-order valence-corrected chi connectivity index (χ2v) is 9.78. The minimum Gasteiger partial charge on any atom is -0.450 e. The molecule has 0 unspecified atom stereocenters. The largest absolute Gasteiger partial charge is 0.450 e. The molecule has 0 aliphatic carbocycles. The highest BCUT2D eigenvalue weighted by molar-refractivity contribution is 7.80. The van der Waals surface area contributed by atoms with Gasteiger partial charge in [0.2, 0.25) is 0 Å². The van der Waals surface area contributed by atoms with Gasteiger partial charge in [-0.3, -0.25) is 10.1 Å². The summed E-state index contributed by atoms with van der Waals surface area (Å²) in [5.74, 6) is 0.0954. The number of anilines is 2. The van der Waals surface area contributed by atoms with E-state index in [4.69, 9.17) is 17.0 Å². The predicted octanol–water partition coefficient (Wildman–Crippen LogP) is 4.60. The average Bonchev–Trinajstić information content (AvgIpc) is 3.36. The topological polar surface area (TPSA) is 86.8 Å². The van der Waals surface area contributed by atoms with Gasteiger partial charge in [-0.15, -0.1) is 11.3 Å². The normalized spacial score (nSPS) is 16.7. The molecule has 2 amide bonds. The zero-order valence-corrected chi connectivity index (χ0v) is 21.1. The molecule has 3 heterocycles. The Morgan fingerprint density at radius 3 is 2.62 bits per heavy atom. The summed E-state index contributed by atoms with van der Waals surface area (Å²) in [6.45, 7) is 5.54. The van der Waals surface area contributed by atoms with Crippen molar-refractivity contribution in [2.45, 2.75) is 44.9 Å². The smallest absolute Gasteiger partial charge is 0.413 e. The van der Waals surface area contributed by atoms with Crippen LogP contribution < -0.4 is 15.5 Å². The molecule has 0 radical (unpaired) electrons. The predicted molar refractivity (Wildman–Crippen MR) is 139 cm³/mol. The lowest BCUT2D eigenvalue weighted by Gasteiger charge is -2.32. The second-order valence-electron chi connectivity index (χ2n) is 8.50. The number of amides is 2. The number of alkyl carbamates (subject to hydrolysis) is 1. The van der Waals surface area contributed by atoms with E-state index in [-0.39, 0.29) is 11.8 Å². The van der Waals surface area contributed by atoms with Crippen LogP contribution >= 0.6 is 23.6 Å². The van der Waals surface area contributed by atoms with Gasteiger partial charge in [0.1, 0.15) is 5.69 Å². The van der Waals surface area contributed by atoms with E-state index >= 15 is 0 Å². The Morgan fingerprint density at radius 1 is 1.15 bits per heavy atom. The number of ether oxygens (including phenoxy) is 1. The SMILES string of the molecule is CCOC(=O)NC(=S)N1CCC(c2nc(C(=O)Nc3ccccc3N3CCCCC3)cs2)CC1. The van der Waals surface area contributed by atoms with Gasteiger partial charge in [-0.2, -0.15) is 0 Å². The van der Waals surface area contributed by atoms with Crippen molar-refractivity contribution >= 4 is 52.0 Å². The number of rotatable bonds is 5. The molecule has 2 aromatic rings. The third-order valence-corrected chi connectivity index (χ3v) is 7.59. The fourth-order valence-electron chi connectivity index (χ4n) is 4.42. The summed E-state index contributed by atoms with van der Waals surface area (Å²) in [4.78, 5) is 33.6. The number of carbonyl (C=O) groups excluding carboxylic acids is 2. The third kappa shape index (κ3) is 6.04. The van der Waals surface area contributed by atoms with Crippen LogP contribution in [0.5, 0.6) is 0 Å². The first-order chi connectivity index (χ1) is 16.5. The summed E-state index contributed by atoms with van der Waals surface area (Å²) in [7, 11) is 0. The van der Waals surface area contributed by atoms with Gasteiger partial charge in [-0.25, -0.2) is 9.78 Å². The molecule has 0 atom stereocenters. The molecule has 2 aliphatic heterocycles. The summed E-state index contributed by atoms with van der Waals surface area (Å²) in [5, 5.41) is 8.88. The van der Waals surface area contributed by atoms with Gasteiger partial charge in [0.25, 0.3) is 5.91 Å². The van der Waals surface area contributed by atoms with Crippen LogP contribution in [0.25, 0.3) is 0 Å². The highest BCUT2D eigenvalue weighted by atomic mass is 32.1. The Hall–Kier alpha value is -2.72. The maximum atomic E-state index is 13.0. The monoisotopic (exact) mass is 501 g/mol. The van der Waals surface area contributed by atoms with Crippen molar-refractivity contribution in [1.29, 1.82) is 0 Å². The van der Waals surface area contributed by atoms with E-state index in [1.807, 2.05) is 28.5 Å². The Morgan fingerprint density at radius 2 is 1.88 bits per heavy atom. The lowest BCUT2D eigenvalue weighted by atomic mass is 9.98. The quantitative estimate of drug-likeness (QED) is 0.579. The molecular weight excluding hydrogens is 470 g/mol. The summed E-state index contributed by atoms with van der Waals surface area (Å²) >= 11 is 6.85. The van der Waals surface area contributed by atoms with E-state index in [1.165, 1.54) is 30.6 Å². The van der Waals surface area contributed by atoms with Crippen molar-refractivity contribution in [3.05, 3.63) is 40.3 Å². The fraction of sp³-hybridized carbons (Fsp3) is 0.500. The van der Waals surface area contributed by atoms with Gasteiger partial charge in [-0.1, -0.05) is 12.1 Å². The Balaban J connectivity index is 1.33. The molecule has 182 valence electrons. The number of thiazole rings is 1. The van der Waals surface area contributed by atoms with Gasteiger partial charge in [0.05, 0.1) is 23.0 Å². The molecule has 34 heavy (non-hydrogen) atoms. The third-order valence-electron chi connectivity index (χ3n) is 6.22. The standard InChI is InChI=1S/C24H31N5O3S2/c1-2-32-24(31)27-23(33)29-14-10-17(11-15-29)22-26-19(16-34-22)21(30)25-18-8-4-5-9-20(18)28-12-6-3-7-13-28/h4-5,8-9,16-17H,2-3,6-7,10-15H2,1H3,(H,25,30)(H,27,31,33). The minimum absolute atomic E-state index is 0.177. The second kappa shape index (κ2) is 11.6. The number of nitrogens with one attached hydrogen (secondary N) is 2. The Kier molecular flexibility index (Phi) is 8.34. The van der Waals surface area contributed by atoms with E-state index in [0.717, 1.165) is 55.4 Å². The van der Waals surface area contributed by atoms with Gasteiger partial charge >= 0.3 is 6.09 Å². The summed E-state index contributed by atoms with van der Waals surface area (Å²) < 4.78 is 4.89. The van der Waals surface area contributed by atoms with E-state index in [2.05, 4.69) is 26.6 Å². The van der Waals surface area contributed by atoms with Crippen LogP contribution in [0, 0.1) is 0 Å². The molecule has 0 saturated carbocycles. The maximum Gasteiger partial charge on any atom is 0.413 e. The van der Waals surface area contributed by atoms with E-state index in [1.54, 1.807) is 6.92 Å². The van der Waals surface area contributed by atoms with Crippen molar-refractivity contribution < 1.29 is 14.3 Å². The molecule has 2 N–H and O–H groups in total. The van der Waals surface area contributed by atoms with Crippen molar-refractivity contribution in [2.24, 2.45) is 0 Å². The van der Waals surface area contributed by atoms with Crippen LogP contribution in [0.4, 0.5) is 16.2 Å². The number of piperidine rings is 2. The number of thiocarbonyl (C=S) groups is 1.